The first-order valence-electron chi connectivity index (χ1n) is 8.31. The lowest BCUT2D eigenvalue weighted by molar-refractivity contribution is -0.146. The lowest BCUT2D eigenvalue weighted by Crippen LogP contribution is -2.36. The fraction of sp³-hybridized carbons (Fsp3) is 0.389. The molecule has 130 valence electrons. The zero-order valence-corrected chi connectivity index (χ0v) is 13.4. The molecule has 4 rings (SSSR count). The molecule has 1 heterocycles. The Morgan fingerprint density at radius 2 is 1.80 bits per heavy atom. The van der Waals surface area contributed by atoms with E-state index in [0.29, 0.717) is 24.5 Å². The number of carboxylic acid groups (broad SMARTS) is 1. The molecule has 0 aromatic heterocycles. The van der Waals surface area contributed by atoms with Gasteiger partial charge in [0, 0.05) is 11.4 Å². The van der Waals surface area contributed by atoms with Crippen molar-refractivity contribution in [1.82, 2.24) is 0 Å². The molecule has 1 aliphatic heterocycles. The van der Waals surface area contributed by atoms with E-state index in [-0.39, 0.29) is 23.8 Å². The van der Waals surface area contributed by atoms with Crippen LogP contribution in [-0.2, 0) is 14.3 Å². The smallest absolute Gasteiger partial charge is 0.414 e. The summed E-state index contributed by atoms with van der Waals surface area (Å²) in [7, 11) is 0. The third-order valence-electron chi connectivity index (χ3n) is 5.25. The maximum absolute atomic E-state index is 12.6. The Balaban J connectivity index is 1.47. The van der Waals surface area contributed by atoms with Crippen LogP contribution in [0.1, 0.15) is 6.42 Å². The molecule has 4 atom stereocenters. The van der Waals surface area contributed by atoms with E-state index in [2.05, 4.69) is 5.32 Å². The number of carbonyl (C=O) groups is 3. The highest BCUT2D eigenvalue weighted by Crippen LogP contribution is 2.48. The Kier molecular flexibility index (Phi) is 3.71. The van der Waals surface area contributed by atoms with E-state index in [1.807, 2.05) is 12.2 Å². The van der Waals surface area contributed by atoms with E-state index in [1.54, 1.807) is 24.3 Å². The van der Waals surface area contributed by atoms with Gasteiger partial charge < -0.3 is 15.2 Å². The van der Waals surface area contributed by atoms with Gasteiger partial charge in [-0.05, 0) is 42.5 Å². The first-order chi connectivity index (χ1) is 12.0. The second kappa shape index (κ2) is 5.91. The average Bonchev–Trinajstić information content (AvgIpc) is 3.30. The first-order valence-corrected chi connectivity index (χ1v) is 8.31. The van der Waals surface area contributed by atoms with Crippen molar-refractivity contribution in [2.45, 2.75) is 6.42 Å². The predicted molar refractivity (Wildman–Crippen MR) is 89.1 cm³/mol. The van der Waals surface area contributed by atoms with Gasteiger partial charge in [0.25, 0.3) is 0 Å². The zero-order chi connectivity index (χ0) is 17.6. The van der Waals surface area contributed by atoms with Gasteiger partial charge in [-0.3, -0.25) is 14.5 Å². The van der Waals surface area contributed by atoms with Crippen molar-refractivity contribution in [3.63, 3.8) is 0 Å². The van der Waals surface area contributed by atoms with Crippen molar-refractivity contribution >= 4 is 29.3 Å². The van der Waals surface area contributed by atoms with E-state index in [9.17, 15) is 19.5 Å². The van der Waals surface area contributed by atoms with Crippen LogP contribution in [0.15, 0.2) is 36.4 Å². The van der Waals surface area contributed by atoms with Gasteiger partial charge in [-0.1, -0.05) is 12.2 Å². The van der Waals surface area contributed by atoms with E-state index < -0.39 is 17.8 Å². The standard InChI is InChI=1S/C18H18N2O5/c21-16(14-10-1-2-11(9-10)15(14)17(22)23)19-12-3-5-13(6-4-12)20-7-8-25-18(20)24/h1-6,10-11,14-15H,7-9H2,(H,19,21)(H,22,23)/t10-,11-,14-,15-/m0/s1. The number of nitrogens with one attached hydrogen (secondary N) is 1. The number of ether oxygens (including phenoxy) is 1. The highest BCUT2D eigenvalue weighted by molar-refractivity contribution is 5.97. The molecule has 7 heteroatoms. The van der Waals surface area contributed by atoms with Crippen LogP contribution >= 0.6 is 0 Å². The van der Waals surface area contributed by atoms with Crippen molar-refractivity contribution in [1.29, 1.82) is 0 Å². The summed E-state index contributed by atoms with van der Waals surface area (Å²) in [5.41, 5.74) is 1.28. The highest BCUT2D eigenvalue weighted by atomic mass is 16.6. The molecular formula is C18H18N2O5. The number of carbonyl (C=O) groups excluding carboxylic acids is 2. The lowest BCUT2D eigenvalue weighted by Gasteiger charge is -2.24. The van der Waals surface area contributed by atoms with Gasteiger partial charge in [-0.2, -0.15) is 0 Å². The number of amides is 2. The number of nitrogens with zero attached hydrogens (tertiary/aromatic N) is 1. The quantitative estimate of drug-likeness (QED) is 0.817. The van der Waals surface area contributed by atoms with E-state index in [1.165, 1.54) is 4.90 Å². The Morgan fingerprint density at radius 1 is 1.12 bits per heavy atom. The summed E-state index contributed by atoms with van der Waals surface area (Å²) in [6.07, 6.45) is 4.22. The normalized spacial score (nSPS) is 29.8. The summed E-state index contributed by atoms with van der Waals surface area (Å²) in [6.45, 7) is 0.869. The molecule has 2 fully saturated rings. The molecule has 2 amide bonds. The van der Waals surface area contributed by atoms with Crippen LogP contribution < -0.4 is 10.2 Å². The Morgan fingerprint density at radius 3 is 2.40 bits per heavy atom. The van der Waals surface area contributed by atoms with Gasteiger partial charge in [0.1, 0.15) is 6.61 Å². The Labute approximate surface area is 144 Å². The van der Waals surface area contributed by atoms with Gasteiger partial charge in [0.15, 0.2) is 0 Å². The number of fused-ring (bicyclic) bond motifs is 2. The minimum absolute atomic E-state index is 0.00950. The van der Waals surface area contributed by atoms with E-state index in [0.717, 1.165) is 6.42 Å². The number of carboxylic acids is 1. The number of aliphatic carboxylic acids is 1. The Hall–Kier alpha value is -2.83. The summed E-state index contributed by atoms with van der Waals surface area (Å²) in [6, 6.07) is 6.88. The number of benzene rings is 1. The van der Waals surface area contributed by atoms with Crippen LogP contribution in [0.3, 0.4) is 0 Å². The van der Waals surface area contributed by atoms with Gasteiger partial charge in [-0.15, -0.1) is 0 Å². The molecule has 25 heavy (non-hydrogen) atoms. The van der Waals surface area contributed by atoms with Gasteiger partial charge in [0.05, 0.1) is 18.4 Å². The van der Waals surface area contributed by atoms with Crippen LogP contribution in [0.5, 0.6) is 0 Å². The fourth-order valence-electron chi connectivity index (χ4n) is 4.09. The lowest BCUT2D eigenvalue weighted by atomic mass is 9.82. The summed E-state index contributed by atoms with van der Waals surface area (Å²) in [4.78, 5) is 37.2. The van der Waals surface area contributed by atoms with Crippen molar-refractivity contribution in [3.05, 3.63) is 36.4 Å². The number of hydrogen-bond acceptors (Lipinski definition) is 4. The molecule has 3 aliphatic rings. The van der Waals surface area contributed by atoms with Crippen LogP contribution in [0.2, 0.25) is 0 Å². The number of rotatable bonds is 4. The predicted octanol–water partition coefficient (Wildman–Crippen LogP) is 2.10. The molecule has 2 aliphatic carbocycles. The van der Waals surface area contributed by atoms with Crippen molar-refractivity contribution in [2.24, 2.45) is 23.7 Å². The number of anilines is 2. The second-order valence-electron chi connectivity index (χ2n) is 6.64. The zero-order valence-electron chi connectivity index (χ0n) is 13.4. The molecule has 2 bridgehead atoms. The summed E-state index contributed by atoms with van der Waals surface area (Å²) in [5.74, 6) is -2.45. The fourth-order valence-corrected chi connectivity index (χ4v) is 4.09. The molecule has 0 spiro atoms. The molecule has 1 saturated heterocycles. The van der Waals surface area contributed by atoms with Gasteiger partial charge in [-0.25, -0.2) is 4.79 Å². The maximum atomic E-state index is 12.6. The Bertz CT molecular complexity index is 757. The van der Waals surface area contributed by atoms with Crippen molar-refractivity contribution in [2.75, 3.05) is 23.4 Å². The second-order valence-corrected chi connectivity index (χ2v) is 6.64. The molecule has 1 saturated carbocycles. The van der Waals surface area contributed by atoms with Gasteiger partial charge >= 0.3 is 12.1 Å². The van der Waals surface area contributed by atoms with Crippen LogP contribution in [0.4, 0.5) is 16.2 Å². The van der Waals surface area contributed by atoms with Gasteiger partial charge in [0.2, 0.25) is 5.91 Å². The number of allylic oxidation sites excluding steroid dienone is 2. The molecule has 1 aromatic rings. The minimum atomic E-state index is -0.917. The SMILES string of the molecule is O=C(O)[C@@H]1[C@@H](C(=O)Nc2ccc(N3CCOC3=O)cc2)[C@H]2C=C[C@H]1C2. The number of cyclic esters (lactones) is 1. The van der Waals surface area contributed by atoms with Crippen LogP contribution in [-0.4, -0.2) is 36.2 Å². The third kappa shape index (κ3) is 2.65. The molecule has 1 aromatic carbocycles. The van der Waals surface area contributed by atoms with Crippen LogP contribution in [0.25, 0.3) is 0 Å². The monoisotopic (exact) mass is 342 g/mol. The maximum Gasteiger partial charge on any atom is 0.414 e. The largest absolute Gasteiger partial charge is 0.481 e. The molecule has 2 N–H and O–H groups in total. The third-order valence-corrected chi connectivity index (χ3v) is 5.25. The highest BCUT2D eigenvalue weighted by Gasteiger charge is 2.51. The van der Waals surface area contributed by atoms with E-state index in [4.69, 9.17) is 4.74 Å². The summed E-state index contributed by atoms with van der Waals surface area (Å²) < 4.78 is 4.90. The molecular weight excluding hydrogens is 324 g/mol. The van der Waals surface area contributed by atoms with Crippen molar-refractivity contribution < 1.29 is 24.2 Å². The van der Waals surface area contributed by atoms with Crippen LogP contribution in [0, 0.1) is 23.7 Å². The summed E-state index contributed by atoms with van der Waals surface area (Å²) >= 11 is 0. The minimum Gasteiger partial charge on any atom is -0.481 e. The molecule has 7 nitrogen and oxygen atoms in total. The average molecular weight is 342 g/mol. The van der Waals surface area contributed by atoms with Crippen molar-refractivity contribution in [3.8, 4) is 0 Å². The molecule has 0 radical (unpaired) electrons. The van der Waals surface area contributed by atoms with E-state index >= 15 is 0 Å². The summed E-state index contributed by atoms with van der Waals surface area (Å²) in [5, 5.41) is 12.3. The molecule has 0 unspecified atom stereocenters. The first kappa shape index (κ1) is 15.7. The number of hydrogen-bond donors (Lipinski definition) is 2. The topological polar surface area (TPSA) is 95.9 Å².